The van der Waals surface area contributed by atoms with Gasteiger partial charge in [0, 0.05) is 36.3 Å². The Bertz CT molecular complexity index is 1190. The van der Waals surface area contributed by atoms with Crippen LogP contribution in [0, 0.1) is 18.7 Å². The molecule has 8 heteroatoms. The van der Waals surface area contributed by atoms with E-state index in [-0.39, 0.29) is 5.82 Å². The van der Waals surface area contributed by atoms with Crippen LogP contribution >= 0.6 is 0 Å². The Hall–Kier alpha value is -2.97. The largest absolute Gasteiger partial charge is 0.493 e. The molecule has 3 heterocycles. The highest BCUT2D eigenvalue weighted by Gasteiger charge is 2.36. The number of rotatable bonds is 8. The fourth-order valence-corrected chi connectivity index (χ4v) is 5.41. The second kappa shape index (κ2) is 10.3. The SMILES string of the molecule is COc1cc2ncnc(Nc3ccc(F)c(C)c3)c2cc1OCCCN1CCC2CCN(C)CC21. The molecule has 0 aliphatic carbocycles. The third-order valence-corrected chi connectivity index (χ3v) is 7.37. The lowest BCUT2D eigenvalue weighted by Gasteiger charge is -2.36. The van der Waals surface area contributed by atoms with Crippen molar-refractivity contribution in [1.29, 1.82) is 0 Å². The molecule has 2 aromatic carbocycles. The van der Waals surface area contributed by atoms with E-state index in [1.54, 1.807) is 26.2 Å². The number of methoxy groups -OCH3 is 1. The lowest BCUT2D eigenvalue weighted by atomic mass is 9.92. The molecule has 0 amide bonds. The molecule has 1 N–H and O–H groups in total. The molecule has 0 radical (unpaired) electrons. The summed E-state index contributed by atoms with van der Waals surface area (Å²) >= 11 is 0. The van der Waals surface area contributed by atoms with Gasteiger partial charge in [-0.15, -0.1) is 0 Å². The molecular weight excluding hydrogens is 445 g/mol. The number of fused-ring (bicyclic) bond motifs is 2. The normalized spacial score (nSPS) is 20.7. The number of aryl methyl sites for hydroxylation is 1. The summed E-state index contributed by atoms with van der Waals surface area (Å²) in [6.45, 7) is 6.99. The van der Waals surface area contributed by atoms with E-state index in [0.29, 0.717) is 35.5 Å². The molecule has 0 spiro atoms. The van der Waals surface area contributed by atoms with E-state index in [9.17, 15) is 4.39 Å². The van der Waals surface area contributed by atoms with Crippen LogP contribution in [0.1, 0.15) is 24.8 Å². The number of benzene rings is 2. The second-order valence-electron chi connectivity index (χ2n) is 9.74. The van der Waals surface area contributed by atoms with Crippen LogP contribution in [-0.4, -0.2) is 72.8 Å². The number of halogens is 1. The molecule has 2 fully saturated rings. The Kier molecular flexibility index (Phi) is 7.02. The summed E-state index contributed by atoms with van der Waals surface area (Å²) in [5.74, 6) is 2.57. The van der Waals surface area contributed by atoms with Crippen LogP contribution in [0.15, 0.2) is 36.7 Å². The number of likely N-dealkylation sites (tertiary alicyclic amines) is 2. The van der Waals surface area contributed by atoms with E-state index in [2.05, 4.69) is 32.1 Å². The molecule has 5 rings (SSSR count). The van der Waals surface area contributed by atoms with Crippen LogP contribution in [0.5, 0.6) is 11.5 Å². The zero-order valence-electron chi connectivity index (χ0n) is 20.8. The molecule has 2 aliphatic rings. The van der Waals surface area contributed by atoms with Crippen LogP contribution < -0.4 is 14.8 Å². The molecule has 35 heavy (non-hydrogen) atoms. The zero-order valence-corrected chi connectivity index (χ0v) is 20.8. The van der Waals surface area contributed by atoms with E-state index < -0.39 is 0 Å². The third kappa shape index (κ3) is 5.18. The van der Waals surface area contributed by atoms with E-state index in [1.807, 2.05) is 12.1 Å². The summed E-state index contributed by atoms with van der Waals surface area (Å²) in [6.07, 6.45) is 5.10. The van der Waals surface area contributed by atoms with Crippen molar-refractivity contribution in [3.05, 3.63) is 48.0 Å². The molecule has 2 saturated heterocycles. The lowest BCUT2D eigenvalue weighted by Crippen LogP contribution is -2.46. The Labute approximate surface area is 206 Å². The molecule has 2 aliphatic heterocycles. The van der Waals surface area contributed by atoms with Crippen LogP contribution in [0.3, 0.4) is 0 Å². The number of hydrogen-bond donors (Lipinski definition) is 1. The number of aromatic nitrogens is 2. The molecule has 2 unspecified atom stereocenters. The Morgan fingerprint density at radius 2 is 1.97 bits per heavy atom. The third-order valence-electron chi connectivity index (χ3n) is 7.37. The van der Waals surface area contributed by atoms with Crippen molar-refractivity contribution < 1.29 is 13.9 Å². The monoisotopic (exact) mass is 479 g/mol. The van der Waals surface area contributed by atoms with Gasteiger partial charge < -0.3 is 19.7 Å². The average Bonchev–Trinajstić information content (AvgIpc) is 3.25. The number of ether oxygens (including phenoxy) is 2. The predicted molar refractivity (Wildman–Crippen MR) is 136 cm³/mol. The Morgan fingerprint density at radius 3 is 2.80 bits per heavy atom. The Balaban J connectivity index is 1.27. The molecule has 0 saturated carbocycles. The van der Waals surface area contributed by atoms with Crippen molar-refractivity contribution in [3.63, 3.8) is 0 Å². The van der Waals surface area contributed by atoms with Crippen LogP contribution in [-0.2, 0) is 0 Å². The van der Waals surface area contributed by atoms with Crippen LogP contribution in [0.25, 0.3) is 10.9 Å². The van der Waals surface area contributed by atoms with E-state index in [0.717, 1.165) is 35.5 Å². The summed E-state index contributed by atoms with van der Waals surface area (Å²) in [4.78, 5) is 13.9. The van der Waals surface area contributed by atoms with Crippen LogP contribution in [0.2, 0.25) is 0 Å². The standard InChI is InChI=1S/C27H34FN5O2/c1-18-13-20(5-6-22(18)28)31-27-21-14-26(25(34-3)15-23(21)29-17-30-27)35-12-4-9-33-11-8-19-7-10-32(2)16-24(19)33/h5-6,13-15,17,19,24H,4,7-12,16H2,1-3H3,(H,29,30,31). The van der Waals surface area contributed by atoms with Gasteiger partial charge in [0.15, 0.2) is 11.5 Å². The first-order chi connectivity index (χ1) is 17.0. The molecule has 7 nitrogen and oxygen atoms in total. The minimum absolute atomic E-state index is 0.233. The van der Waals surface area contributed by atoms with Crippen molar-refractivity contribution in [3.8, 4) is 11.5 Å². The van der Waals surface area contributed by atoms with E-state index in [4.69, 9.17) is 9.47 Å². The highest BCUT2D eigenvalue weighted by Crippen LogP contribution is 2.35. The summed E-state index contributed by atoms with van der Waals surface area (Å²) in [5, 5.41) is 4.11. The van der Waals surface area contributed by atoms with Gasteiger partial charge in [-0.3, -0.25) is 4.90 Å². The number of likely N-dealkylation sites (N-methyl/N-ethyl adjacent to an activating group) is 1. The summed E-state index contributed by atoms with van der Waals surface area (Å²) < 4.78 is 25.5. The van der Waals surface area contributed by atoms with Crippen molar-refractivity contribution in [2.24, 2.45) is 5.92 Å². The number of hydrogen-bond acceptors (Lipinski definition) is 7. The highest BCUT2D eigenvalue weighted by molar-refractivity contribution is 5.93. The van der Waals surface area contributed by atoms with Gasteiger partial charge in [-0.2, -0.15) is 0 Å². The first-order valence-electron chi connectivity index (χ1n) is 12.4. The van der Waals surface area contributed by atoms with Crippen molar-refractivity contribution in [2.75, 3.05) is 52.3 Å². The molecular formula is C27H34FN5O2. The van der Waals surface area contributed by atoms with Gasteiger partial charge in [0.25, 0.3) is 0 Å². The maximum absolute atomic E-state index is 13.7. The number of nitrogens with zero attached hydrogens (tertiary/aromatic N) is 4. The van der Waals surface area contributed by atoms with Crippen molar-refractivity contribution in [2.45, 2.75) is 32.2 Å². The highest BCUT2D eigenvalue weighted by atomic mass is 19.1. The van der Waals surface area contributed by atoms with Gasteiger partial charge >= 0.3 is 0 Å². The van der Waals surface area contributed by atoms with Gasteiger partial charge in [0.05, 0.1) is 19.2 Å². The number of anilines is 2. The maximum atomic E-state index is 13.7. The predicted octanol–water partition coefficient (Wildman–Crippen LogP) is 4.62. The van der Waals surface area contributed by atoms with Gasteiger partial charge in [-0.25, -0.2) is 14.4 Å². The van der Waals surface area contributed by atoms with Crippen molar-refractivity contribution >= 4 is 22.4 Å². The maximum Gasteiger partial charge on any atom is 0.162 e. The quantitative estimate of drug-likeness (QED) is 0.473. The summed E-state index contributed by atoms with van der Waals surface area (Å²) in [5.41, 5.74) is 2.08. The van der Waals surface area contributed by atoms with Gasteiger partial charge in [0.1, 0.15) is 18.0 Å². The first-order valence-corrected chi connectivity index (χ1v) is 12.4. The lowest BCUT2D eigenvalue weighted by molar-refractivity contribution is 0.118. The van der Waals surface area contributed by atoms with Gasteiger partial charge in [0.2, 0.25) is 0 Å². The van der Waals surface area contributed by atoms with E-state index in [1.165, 1.54) is 44.9 Å². The average molecular weight is 480 g/mol. The molecule has 0 bridgehead atoms. The van der Waals surface area contributed by atoms with E-state index >= 15 is 0 Å². The van der Waals surface area contributed by atoms with Crippen LogP contribution in [0.4, 0.5) is 15.9 Å². The first kappa shape index (κ1) is 23.8. The molecule has 1 aromatic heterocycles. The second-order valence-corrected chi connectivity index (χ2v) is 9.74. The number of nitrogens with one attached hydrogen (secondary N) is 1. The fraction of sp³-hybridized carbons (Fsp3) is 0.481. The smallest absolute Gasteiger partial charge is 0.162 e. The Morgan fingerprint density at radius 1 is 1.11 bits per heavy atom. The number of piperidine rings is 1. The molecule has 3 aromatic rings. The van der Waals surface area contributed by atoms with Gasteiger partial charge in [-0.1, -0.05) is 0 Å². The zero-order chi connectivity index (χ0) is 24.4. The summed E-state index contributed by atoms with van der Waals surface area (Å²) in [6, 6.07) is 9.39. The minimum atomic E-state index is -0.233. The molecule has 2 atom stereocenters. The van der Waals surface area contributed by atoms with Crippen molar-refractivity contribution in [1.82, 2.24) is 19.8 Å². The summed E-state index contributed by atoms with van der Waals surface area (Å²) in [7, 11) is 3.87. The topological polar surface area (TPSA) is 62.8 Å². The minimum Gasteiger partial charge on any atom is -0.493 e. The molecule has 186 valence electrons. The fourth-order valence-electron chi connectivity index (χ4n) is 5.41. The van der Waals surface area contributed by atoms with Gasteiger partial charge in [-0.05, 0) is 82.1 Å².